The van der Waals surface area contributed by atoms with Crippen LogP contribution in [0.3, 0.4) is 0 Å². The molecule has 0 aliphatic rings. The highest BCUT2D eigenvalue weighted by Crippen LogP contribution is 2.35. The van der Waals surface area contributed by atoms with E-state index < -0.39 is 34.5 Å². The van der Waals surface area contributed by atoms with Crippen molar-refractivity contribution in [1.82, 2.24) is 0 Å². The van der Waals surface area contributed by atoms with Crippen LogP contribution in [0.15, 0.2) is 6.07 Å². The SMILES string of the molecule is Nc1cc(F)c(O)c(O)c1C(=O)O. The molecule has 0 bridgehead atoms. The van der Waals surface area contributed by atoms with E-state index >= 15 is 0 Å². The fourth-order valence-corrected chi connectivity index (χ4v) is 0.870. The molecule has 0 aliphatic carbocycles. The van der Waals surface area contributed by atoms with Crippen LogP contribution in [0.4, 0.5) is 10.1 Å². The molecule has 1 aromatic rings. The third-order valence-corrected chi connectivity index (χ3v) is 1.47. The van der Waals surface area contributed by atoms with E-state index in [1.165, 1.54) is 0 Å². The number of phenolic OH excluding ortho intramolecular Hbond substituents is 1. The van der Waals surface area contributed by atoms with Gasteiger partial charge in [0.15, 0.2) is 17.3 Å². The molecular formula is C7H6FNO4. The van der Waals surface area contributed by atoms with Crippen molar-refractivity contribution in [1.29, 1.82) is 0 Å². The summed E-state index contributed by atoms with van der Waals surface area (Å²) in [5.74, 6) is -4.89. The topological polar surface area (TPSA) is 104 Å². The van der Waals surface area contributed by atoms with E-state index in [1.54, 1.807) is 0 Å². The number of nitrogen functional groups attached to an aromatic ring is 1. The van der Waals surface area contributed by atoms with Gasteiger partial charge in [-0.15, -0.1) is 0 Å². The lowest BCUT2D eigenvalue weighted by Crippen LogP contribution is -2.03. The summed E-state index contributed by atoms with van der Waals surface area (Å²) in [4.78, 5) is 10.4. The molecule has 70 valence electrons. The van der Waals surface area contributed by atoms with Crippen LogP contribution < -0.4 is 5.73 Å². The van der Waals surface area contributed by atoms with Crippen molar-refractivity contribution < 1.29 is 24.5 Å². The standard InChI is InChI=1S/C7H6FNO4/c8-2-1-3(9)4(7(12)13)6(11)5(2)10/h1,10-11H,9H2,(H,12,13). The molecule has 0 aromatic heterocycles. The number of rotatable bonds is 1. The number of aromatic hydroxyl groups is 2. The molecule has 0 spiro atoms. The van der Waals surface area contributed by atoms with E-state index in [-0.39, 0.29) is 0 Å². The van der Waals surface area contributed by atoms with Crippen molar-refractivity contribution in [3.05, 3.63) is 17.4 Å². The molecule has 1 aromatic carbocycles. The maximum atomic E-state index is 12.6. The van der Waals surface area contributed by atoms with Crippen molar-refractivity contribution in [2.75, 3.05) is 5.73 Å². The molecule has 0 amide bonds. The lowest BCUT2D eigenvalue weighted by atomic mass is 10.1. The fourth-order valence-electron chi connectivity index (χ4n) is 0.870. The average molecular weight is 187 g/mol. The minimum Gasteiger partial charge on any atom is -0.504 e. The summed E-state index contributed by atoms with van der Waals surface area (Å²) in [5, 5.41) is 26.3. The van der Waals surface area contributed by atoms with E-state index in [4.69, 9.17) is 21.1 Å². The lowest BCUT2D eigenvalue weighted by molar-refractivity contribution is 0.0694. The summed E-state index contributed by atoms with van der Waals surface area (Å²) in [6, 6.07) is 0.624. The minimum atomic E-state index is -1.54. The molecule has 0 saturated carbocycles. The van der Waals surface area contributed by atoms with E-state index in [1.807, 2.05) is 0 Å². The number of anilines is 1. The van der Waals surface area contributed by atoms with Crippen molar-refractivity contribution in [2.24, 2.45) is 0 Å². The Morgan fingerprint density at radius 2 is 1.92 bits per heavy atom. The largest absolute Gasteiger partial charge is 0.504 e. The summed E-state index contributed by atoms with van der Waals surface area (Å²) in [6.07, 6.45) is 0. The Hall–Kier alpha value is -1.98. The second-order valence-electron chi connectivity index (χ2n) is 2.32. The van der Waals surface area contributed by atoms with Gasteiger partial charge in [-0.3, -0.25) is 0 Å². The van der Waals surface area contributed by atoms with Gasteiger partial charge in [-0.1, -0.05) is 0 Å². The van der Waals surface area contributed by atoms with Crippen LogP contribution >= 0.6 is 0 Å². The van der Waals surface area contributed by atoms with E-state index in [9.17, 15) is 9.18 Å². The number of benzene rings is 1. The Balaban J connectivity index is 3.53. The smallest absolute Gasteiger partial charge is 0.341 e. The molecule has 0 heterocycles. The van der Waals surface area contributed by atoms with Gasteiger partial charge in [0.05, 0.1) is 5.69 Å². The van der Waals surface area contributed by atoms with Gasteiger partial charge in [0, 0.05) is 6.07 Å². The van der Waals surface area contributed by atoms with Gasteiger partial charge in [-0.2, -0.15) is 0 Å². The molecule has 5 nitrogen and oxygen atoms in total. The first kappa shape index (κ1) is 9.11. The highest BCUT2D eigenvalue weighted by molar-refractivity contribution is 5.97. The predicted molar refractivity (Wildman–Crippen MR) is 41.1 cm³/mol. The van der Waals surface area contributed by atoms with Gasteiger partial charge in [0.2, 0.25) is 0 Å². The molecule has 0 fully saturated rings. The first-order chi connectivity index (χ1) is 5.95. The number of phenols is 2. The Bertz CT molecular complexity index is 377. The molecule has 5 N–H and O–H groups in total. The van der Waals surface area contributed by atoms with Crippen LogP contribution in [0, 0.1) is 5.82 Å². The predicted octanol–water partition coefficient (Wildman–Crippen LogP) is 0.517. The number of hydrogen-bond donors (Lipinski definition) is 4. The van der Waals surface area contributed by atoms with E-state index in [0.29, 0.717) is 6.07 Å². The minimum absolute atomic E-state index is 0.444. The molecule has 0 unspecified atom stereocenters. The number of aromatic carboxylic acids is 1. The van der Waals surface area contributed by atoms with Gasteiger partial charge in [-0.25, -0.2) is 9.18 Å². The molecule has 0 aliphatic heterocycles. The number of nitrogens with two attached hydrogens (primary N) is 1. The van der Waals surface area contributed by atoms with Gasteiger partial charge in [-0.05, 0) is 0 Å². The van der Waals surface area contributed by atoms with Crippen molar-refractivity contribution in [2.45, 2.75) is 0 Å². The maximum Gasteiger partial charge on any atom is 0.341 e. The Morgan fingerprint density at radius 1 is 1.38 bits per heavy atom. The molecule has 13 heavy (non-hydrogen) atoms. The molecule has 6 heteroatoms. The molecular weight excluding hydrogens is 181 g/mol. The molecule has 0 saturated heterocycles. The first-order valence-corrected chi connectivity index (χ1v) is 3.18. The first-order valence-electron chi connectivity index (χ1n) is 3.18. The summed E-state index contributed by atoms with van der Waals surface area (Å²) in [7, 11) is 0. The van der Waals surface area contributed by atoms with E-state index in [0.717, 1.165) is 0 Å². The normalized spacial score (nSPS) is 9.92. The van der Waals surface area contributed by atoms with Gasteiger partial charge in [0.25, 0.3) is 0 Å². The van der Waals surface area contributed by atoms with Gasteiger partial charge in [0.1, 0.15) is 5.56 Å². The molecule has 0 atom stereocenters. The van der Waals surface area contributed by atoms with E-state index in [2.05, 4.69) is 0 Å². The third kappa shape index (κ3) is 1.33. The van der Waals surface area contributed by atoms with Crippen LogP contribution in [-0.2, 0) is 0 Å². The highest BCUT2D eigenvalue weighted by atomic mass is 19.1. The Labute approximate surface area is 71.8 Å². The summed E-state index contributed by atoms with van der Waals surface area (Å²) < 4.78 is 12.6. The van der Waals surface area contributed by atoms with Crippen LogP contribution in [0.25, 0.3) is 0 Å². The van der Waals surface area contributed by atoms with Crippen molar-refractivity contribution in [3.63, 3.8) is 0 Å². The maximum absolute atomic E-state index is 12.6. The molecule has 0 radical (unpaired) electrons. The number of halogens is 1. The zero-order chi connectivity index (χ0) is 10.2. The Morgan fingerprint density at radius 3 is 2.38 bits per heavy atom. The zero-order valence-corrected chi connectivity index (χ0v) is 6.28. The number of hydrogen-bond acceptors (Lipinski definition) is 4. The van der Waals surface area contributed by atoms with Crippen LogP contribution in [0.5, 0.6) is 11.5 Å². The van der Waals surface area contributed by atoms with Gasteiger partial charge >= 0.3 is 5.97 Å². The monoisotopic (exact) mass is 187 g/mol. The highest BCUT2D eigenvalue weighted by Gasteiger charge is 2.20. The molecule has 1 rings (SSSR count). The fraction of sp³-hybridized carbons (Fsp3) is 0. The third-order valence-electron chi connectivity index (χ3n) is 1.47. The summed E-state index contributed by atoms with van der Waals surface area (Å²) in [6.45, 7) is 0. The number of carboxylic acids is 1. The van der Waals surface area contributed by atoms with Crippen molar-refractivity contribution >= 4 is 11.7 Å². The van der Waals surface area contributed by atoms with Crippen LogP contribution in [0.2, 0.25) is 0 Å². The number of carboxylic acid groups (broad SMARTS) is 1. The zero-order valence-electron chi connectivity index (χ0n) is 6.28. The van der Waals surface area contributed by atoms with Crippen molar-refractivity contribution in [3.8, 4) is 11.5 Å². The quantitative estimate of drug-likeness (QED) is 0.291. The van der Waals surface area contributed by atoms with Crippen LogP contribution in [-0.4, -0.2) is 21.3 Å². The summed E-state index contributed by atoms with van der Waals surface area (Å²) >= 11 is 0. The second kappa shape index (κ2) is 2.81. The summed E-state index contributed by atoms with van der Waals surface area (Å²) in [5.41, 5.74) is 3.95. The Kier molecular flexibility index (Phi) is 1.97. The second-order valence-corrected chi connectivity index (χ2v) is 2.32. The number of carbonyl (C=O) groups is 1. The average Bonchev–Trinajstić information content (AvgIpc) is 1.99. The van der Waals surface area contributed by atoms with Crippen LogP contribution in [0.1, 0.15) is 10.4 Å². The lowest BCUT2D eigenvalue weighted by Gasteiger charge is -2.05. The van der Waals surface area contributed by atoms with Gasteiger partial charge < -0.3 is 21.1 Å².